The van der Waals surface area contributed by atoms with Crippen molar-refractivity contribution in [3.63, 3.8) is 0 Å². The third-order valence-electron chi connectivity index (χ3n) is 6.19. The summed E-state index contributed by atoms with van der Waals surface area (Å²) in [5.41, 5.74) is 2.49. The average Bonchev–Trinajstić information content (AvgIpc) is 2.87. The second-order valence-corrected chi connectivity index (χ2v) is 8.42. The molecule has 5 nitrogen and oxygen atoms in total. The largest absolute Gasteiger partial charge is 0.478 e. The molecule has 0 radical (unpaired) electrons. The molecule has 0 aliphatic heterocycles. The van der Waals surface area contributed by atoms with Crippen LogP contribution in [0.3, 0.4) is 0 Å². The lowest BCUT2D eigenvalue weighted by Gasteiger charge is -2.08. The van der Waals surface area contributed by atoms with Gasteiger partial charge >= 0.3 is 11.9 Å². The predicted molar refractivity (Wildman–Crippen MR) is 141 cm³/mol. The Morgan fingerprint density at radius 3 is 1.47 bits per heavy atom. The third kappa shape index (κ3) is 4.72. The second kappa shape index (κ2) is 10.2. The molecule has 0 saturated heterocycles. The number of fused-ring (bicyclic) bond motifs is 2. The minimum absolute atomic E-state index is 0.0352. The minimum atomic E-state index is -1.11. The first kappa shape index (κ1) is 24.4. The Morgan fingerprint density at radius 2 is 1.00 bits per heavy atom. The number of carboxylic acids is 2. The van der Waals surface area contributed by atoms with E-state index < -0.39 is 11.9 Å². The maximum absolute atomic E-state index is 13.1. The van der Waals surface area contributed by atoms with Crippen molar-refractivity contribution in [3.8, 4) is 0 Å². The normalized spacial score (nSPS) is 10.5. The van der Waals surface area contributed by atoms with Crippen LogP contribution >= 0.6 is 0 Å². The standard InChI is InChI=1S/C21H14O.C10H10O4/c22-21(19-13-5-9-15-7-1-3-11-17(15)19)20-14-6-10-16-8-2-4-12-18(16)20;1-5-3-4-7(9(11)12)6(2)8(5)10(13)14/h1-14H;3-4H,1-2H3,(H,11,12)(H,13,14). The molecule has 0 saturated carbocycles. The Morgan fingerprint density at radius 1 is 0.528 bits per heavy atom. The molecule has 5 aromatic rings. The van der Waals surface area contributed by atoms with Crippen LogP contribution in [-0.4, -0.2) is 27.9 Å². The Labute approximate surface area is 208 Å². The highest BCUT2D eigenvalue weighted by atomic mass is 16.4. The molecular weight excluding hydrogens is 452 g/mol. The number of carboxylic acid groups (broad SMARTS) is 2. The van der Waals surface area contributed by atoms with Crippen molar-refractivity contribution in [3.05, 3.63) is 130 Å². The summed E-state index contributed by atoms with van der Waals surface area (Å²) in [6, 6.07) is 30.7. The number of hydrogen-bond acceptors (Lipinski definition) is 3. The fraction of sp³-hybridized carbons (Fsp3) is 0.0645. The maximum Gasteiger partial charge on any atom is 0.336 e. The molecule has 0 spiro atoms. The first-order valence-electron chi connectivity index (χ1n) is 11.4. The number of hydrogen-bond donors (Lipinski definition) is 2. The van der Waals surface area contributed by atoms with Crippen molar-refractivity contribution in [2.75, 3.05) is 0 Å². The van der Waals surface area contributed by atoms with Gasteiger partial charge in [-0.05, 0) is 52.6 Å². The van der Waals surface area contributed by atoms with Crippen LogP contribution in [0.5, 0.6) is 0 Å². The van der Waals surface area contributed by atoms with Gasteiger partial charge in [-0.25, -0.2) is 9.59 Å². The zero-order chi connectivity index (χ0) is 25.8. The van der Waals surface area contributed by atoms with E-state index in [9.17, 15) is 14.4 Å². The highest BCUT2D eigenvalue weighted by molar-refractivity contribution is 6.21. The molecule has 5 heteroatoms. The zero-order valence-electron chi connectivity index (χ0n) is 19.9. The van der Waals surface area contributed by atoms with Crippen LogP contribution in [0.1, 0.15) is 47.8 Å². The van der Waals surface area contributed by atoms with E-state index in [2.05, 4.69) is 0 Å². The summed E-state index contributed by atoms with van der Waals surface area (Å²) in [6.45, 7) is 3.14. The number of rotatable bonds is 4. The zero-order valence-corrected chi connectivity index (χ0v) is 19.9. The summed E-state index contributed by atoms with van der Waals surface area (Å²) in [6.07, 6.45) is 0. The van der Waals surface area contributed by atoms with Crippen LogP contribution < -0.4 is 0 Å². The molecule has 0 aromatic heterocycles. The van der Waals surface area contributed by atoms with E-state index in [1.54, 1.807) is 6.92 Å². The third-order valence-corrected chi connectivity index (χ3v) is 6.19. The molecule has 0 fully saturated rings. The summed E-state index contributed by atoms with van der Waals surface area (Å²) >= 11 is 0. The summed E-state index contributed by atoms with van der Waals surface area (Å²) in [5, 5.41) is 21.8. The summed E-state index contributed by atoms with van der Waals surface area (Å²) < 4.78 is 0. The minimum Gasteiger partial charge on any atom is -0.478 e. The van der Waals surface area contributed by atoms with Gasteiger partial charge in [-0.3, -0.25) is 4.79 Å². The molecule has 0 unspecified atom stereocenters. The van der Waals surface area contributed by atoms with Crippen molar-refractivity contribution in [1.82, 2.24) is 0 Å². The number of aryl methyl sites for hydroxylation is 1. The van der Waals surface area contributed by atoms with Gasteiger partial charge in [0.15, 0.2) is 5.78 Å². The van der Waals surface area contributed by atoms with E-state index in [1.807, 2.05) is 84.9 Å². The van der Waals surface area contributed by atoms with Gasteiger partial charge in [-0.1, -0.05) is 91.0 Å². The summed E-state index contributed by atoms with van der Waals surface area (Å²) in [5.74, 6) is -2.12. The molecule has 5 aromatic carbocycles. The van der Waals surface area contributed by atoms with E-state index in [4.69, 9.17) is 10.2 Å². The van der Waals surface area contributed by atoms with Gasteiger partial charge in [0.05, 0.1) is 11.1 Å². The van der Waals surface area contributed by atoms with Gasteiger partial charge in [0.25, 0.3) is 0 Å². The van der Waals surface area contributed by atoms with E-state index in [1.165, 1.54) is 19.1 Å². The van der Waals surface area contributed by atoms with Crippen molar-refractivity contribution >= 4 is 39.3 Å². The van der Waals surface area contributed by atoms with Crippen LogP contribution in [0.25, 0.3) is 21.5 Å². The van der Waals surface area contributed by atoms with Crippen LogP contribution in [0.4, 0.5) is 0 Å². The lowest BCUT2D eigenvalue weighted by Crippen LogP contribution is -2.08. The smallest absolute Gasteiger partial charge is 0.336 e. The van der Waals surface area contributed by atoms with Gasteiger partial charge in [0.1, 0.15) is 0 Å². The molecule has 0 heterocycles. The van der Waals surface area contributed by atoms with E-state index in [0.717, 1.165) is 32.7 Å². The van der Waals surface area contributed by atoms with Crippen molar-refractivity contribution in [2.45, 2.75) is 13.8 Å². The van der Waals surface area contributed by atoms with Crippen molar-refractivity contribution in [2.24, 2.45) is 0 Å². The fourth-order valence-corrected chi connectivity index (χ4v) is 4.40. The first-order chi connectivity index (χ1) is 17.3. The molecule has 178 valence electrons. The monoisotopic (exact) mass is 476 g/mol. The molecule has 2 N–H and O–H groups in total. The van der Waals surface area contributed by atoms with E-state index >= 15 is 0 Å². The Balaban J connectivity index is 0.000000189. The number of carbonyl (C=O) groups is 3. The number of benzene rings is 5. The first-order valence-corrected chi connectivity index (χ1v) is 11.4. The Bertz CT molecular complexity index is 1540. The molecule has 0 atom stereocenters. The molecule has 0 amide bonds. The van der Waals surface area contributed by atoms with Gasteiger partial charge < -0.3 is 10.2 Å². The Hall–Kier alpha value is -4.77. The quantitative estimate of drug-likeness (QED) is 0.275. The number of aromatic carboxylic acids is 2. The van der Waals surface area contributed by atoms with Crippen LogP contribution in [0.2, 0.25) is 0 Å². The fourth-order valence-electron chi connectivity index (χ4n) is 4.40. The second-order valence-electron chi connectivity index (χ2n) is 8.42. The lowest BCUT2D eigenvalue weighted by molar-refractivity contribution is 0.0695. The van der Waals surface area contributed by atoms with Crippen LogP contribution in [0, 0.1) is 13.8 Å². The van der Waals surface area contributed by atoms with Gasteiger partial charge in [-0.2, -0.15) is 0 Å². The summed E-state index contributed by atoms with van der Waals surface area (Å²) in [4.78, 5) is 34.6. The van der Waals surface area contributed by atoms with E-state index in [-0.39, 0.29) is 16.9 Å². The molecule has 0 bridgehead atoms. The average molecular weight is 477 g/mol. The Kier molecular flexibility index (Phi) is 6.93. The van der Waals surface area contributed by atoms with Crippen LogP contribution in [-0.2, 0) is 0 Å². The molecular formula is C31H24O5. The van der Waals surface area contributed by atoms with Crippen molar-refractivity contribution in [1.29, 1.82) is 0 Å². The van der Waals surface area contributed by atoms with Crippen molar-refractivity contribution < 1.29 is 24.6 Å². The van der Waals surface area contributed by atoms with Crippen LogP contribution in [0.15, 0.2) is 97.1 Å². The lowest BCUT2D eigenvalue weighted by atomic mass is 9.94. The van der Waals surface area contributed by atoms with Gasteiger partial charge in [0.2, 0.25) is 0 Å². The highest BCUT2D eigenvalue weighted by Gasteiger charge is 2.17. The summed E-state index contributed by atoms with van der Waals surface area (Å²) in [7, 11) is 0. The molecule has 0 aliphatic rings. The van der Waals surface area contributed by atoms with Gasteiger partial charge in [0, 0.05) is 11.1 Å². The number of ketones is 1. The molecule has 36 heavy (non-hydrogen) atoms. The molecule has 0 aliphatic carbocycles. The van der Waals surface area contributed by atoms with Gasteiger partial charge in [-0.15, -0.1) is 0 Å². The van der Waals surface area contributed by atoms with E-state index in [0.29, 0.717) is 11.1 Å². The molecule has 5 rings (SSSR count). The SMILES string of the molecule is Cc1ccc(C(=O)O)c(C)c1C(=O)O.O=C(c1cccc2ccccc12)c1cccc2ccccc12. The highest BCUT2D eigenvalue weighted by Crippen LogP contribution is 2.25. The maximum atomic E-state index is 13.1. The number of carbonyl (C=O) groups excluding carboxylic acids is 1. The topological polar surface area (TPSA) is 91.7 Å². The predicted octanol–water partition coefficient (Wildman–Crippen LogP) is 6.92.